The van der Waals surface area contributed by atoms with E-state index in [1.54, 1.807) is 26.3 Å². The second-order valence-electron chi connectivity index (χ2n) is 5.29. The number of esters is 1. The van der Waals surface area contributed by atoms with Gasteiger partial charge in [-0.15, -0.1) is 0 Å². The van der Waals surface area contributed by atoms with Crippen molar-refractivity contribution in [3.05, 3.63) is 65.5 Å². The van der Waals surface area contributed by atoms with E-state index in [1.807, 2.05) is 36.4 Å². The minimum atomic E-state index is -0.405. The minimum absolute atomic E-state index is 0.324. The average Bonchev–Trinajstić information content (AvgIpc) is 2.62. The van der Waals surface area contributed by atoms with Crippen molar-refractivity contribution in [2.24, 2.45) is 0 Å². The fraction of sp³-hybridized carbons (Fsp3) is 0.211. The second-order valence-corrected chi connectivity index (χ2v) is 5.29. The Morgan fingerprint density at radius 3 is 2.71 bits per heavy atom. The number of rotatable bonds is 5. The Hall–Kier alpha value is -2.95. The van der Waals surface area contributed by atoms with Gasteiger partial charge in [-0.1, -0.05) is 24.3 Å². The Bertz CT molecular complexity index is 860. The molecule has 3 aromatic rings. The van der Waals surface area contributed by atoms with E-state index in [-0.39, 0.29) is 0 Å². The zero-order valence-electron chi connectivity index (χ0n) is 13.7. The lowest BCUT2D eigenvalue weighted by atomic mass is 10.0. The molecule has 0 saturated carbocycles. The number of carbonyl (C=O) groups excluding carboxylic acids is 1. The topological polar surface area (TPSA) is 61.3 Å². The largest absolute Gasteiger partial charge is 0.481 e. The van der Waals surface area contributed by atoms with Crippen LogP contribution < -0.4 is 4.74 Å². The second kappa shape index (κ2) is 7.08. The molecule has 0 atom stereocenters. The highest BCUT2D eigenvalue weighted by Gasteiger charge is 2.13. The van der Waals surface area contributed by atoms with Crippen molar-refractivity contribution in [3.63, 3.8) is 0 Å². The Morgan fingerprint density at radius 1 is 1.17 bits per heavy atom. The lowest BCUT2D eigenvalue weighted by Crippen LogP contribution is -2.08. The van der Waals surface area contributed by atoms with E-state index in [0.29, 0.717) is 24.6 Å². The average molecular weight is 322 g/mol. The van der Waals surface area contributed by atoms with Crippen LogP contribution in [-0.2, 0) is 11.2 Å². The van der Waals surface area contributed by atoms with Crippen molar-refractivity contribution in [1.82, 2.24) is 9.97 Å². The van der Waals surface area contributed by atoms with Crippen molar-refractivity contribution >= 4 is 16.9 Å². The molecule has 24 heavy (non-hydrogen) atoms. The highest BCUT2D eigenvalue weighted by molar-refractivity contribution is 5.92. The number of hydrogen-bond donors (Lipinski definition) is 0. The summed E-state index contributed by atoms with van der Waals surface area (Å²) in [6, 6.07) is 13.4. The van der Waals surface area contributed by atoms with Crippen LogP contribution in [0.1, 0.15) is 28.5 Å². The summed E-state index contributed by atoms with van der Waals surface area (Å²) in [4.78, 5) is 20.7. The van der Waals surface area contributed by atoms with Crippen LogP contribution in [0, 0.1) is 0 Å². The predicted molar refractivity (Wildman–Crippen MR) is 91.3 cm³/mol. The standard InChI is InChI=1S/C19H18N2O3/c1-3-24-19(22)17-11-14(15-6-4-5-7-16(15)21-17)10-13-8-9-18(23-2)20-12-13/h4-9,11-12H,3,10H2,1-2H3. The Morgan fingerprint density at radius 2 is 2.00 bits per heavy atom. The Balaban J connectivity index is 2.02. The first-order chi connectivity index (χ1) is 11.7. The van der Waals surface area contributed by atoms with E-state index >= 15 is 0 Å². The number of benzene rings is 1. The van der Waals surface area contributed by atoms with Gasteiger partial charge >= 0.3 is 5.97 Å². The van der Waals surface area contributed by atoms with Crippen LogP contribution in [0.5, 0.6) is 5.88 Å². The molecular weight excluding hydrogens is 304 g/mol. The number of nitrogens with zero attached hydrogens (tertiary/aromatic N) is 2. The molecule has 122 valence electrons. The maximum Gasteiger partial charge on any atom is 0.356 e. The van der Waals surface area contributed by atoms with Gasteiger partial charge < -0.3 is 9.47 Å². The number of carbonyl (C=O) groups is 1. The fourth-order valence-electron chi connectivity index (χ4n) is 2.56. The number of hydrogen-bond acceptors (Lipinski definition) is 5. The third-order valence-corrected chi connectivity index (χ3v) is 3.69. The van der Waals surface area contributed by atoms with E-state index < -0.39 is 5.97 Å². The van der Waals surface area contributed by atoms with E-state index in [4.69, 9.17) is 9.47 Å². The molecule has 2 heterocycles. The van der Waals surface area contributed by atoms with Gasteiger partial charge in [0.15, 0.2) is 0 Å². The first-order valence-corrected chi connectivity index (χ1v) is 7.76. The van der Waals surface area contributed by atoms with Gasteiger partial charge in [0.25, 0.3) is 0 Å². The normalized spacial score (nSPS) is 10.6. The summed E-state index contributed by atoms with van der Waals surface area (Å²) in [6.07, 6.45) is 2.42. The first-order valence-electron chi connectivity index (χ1n) is 7.76. The van der Waals surface area contributed by atoms with E-state index in [0.717, 1.165) is 22.0 Å². The van der Waals surface area contributed by atoms with Crippen LogP contribution in [0.25, 0.3) is 10.9 Å². The maximum atomic E-state index is 12.1. The summed E-state index contributed by atoms with van der Waals surface area (Å²) in [6.45, 7) is 2.11. The van der Waals surface area contributed by atoms with Crippen LogP contribution >= 0.6 is 0 Å². The summed E-state index contributed by atoms with van der Waals surface area (Å²) >= 11 is 0. The van der Waals surface area contributed by atoms with E-state index in [2.05, 4.69) is 9.97 Å². The van der Waals surface area contributed by atoms with Crippen LogP contribution in [-0.4, -0.2) is 29.7 Å². The lowest BCUT2D eigenvalue weighted by molar-refractivity contribution is 0.0520. The molecule has 5 heteroatoms. The first kappa shape index (κ1) is 15.9. The summed E-state index contributed by atoms with van der Waals surface area (Å²) in [7, 11) is 1.59. The SMILES string of the molecule is CCOC(=O)c1cc(Cc2ccc(OC)nc2)c2ccccc2n1. The summed E-state index contributed by atoms with van der Waals surface area (Å²) < 4.78 is 10.2. The molecule has 0 radical (unpaired) electrons. The van der Waals surface area contributed by atoms with Crippen molar-refractivity contribution in [2.45, 2.75) is 13.3 Å². The molecule has 0 fully saturated rings. The number of pyridine rings is 2. The highest BCUT2D eigenvalue weighted by Crippen LogP contribution is 2.22. The van der Waals surface area contributed by atoms with Gasteiger partial charge in [0.2, 0.25) is 5.88 Å². The molecule has 0 aliphatic rings. The van der Waals surface area contributed by atoms with Gasteiger partial charge in [0.05, 0.1) is 19.2 Å². The van der Waals surface area contributed by atoms with Gasteiger partial charge in [-0.25, -0.2) is 14.8 Å². The van der Waals surface area contributed by atoms with E-state index in [9.17, 15) is 4.79 Å². The number of aromatic nitrogens is 2. The monoisotopic (exact) mass is 322 g/mol. The van der Waals surface area contributed by atoms with Gasteiger partial charge in [-0.3, -0.25) is 0 Å². The molecule has 0 spiro atoms. The molecule has 3 rings (SSSR count). The smallest absolute Gasteiger partial charge is 0.356 e. The molecular formula is C19H18N2O3. The molecule has 0 unspecified atom stereocenters. The fourth-order valence-corrected chi connectivity index (χ4v) is 2.56. The minimum Gasteiger partial charge on any atom is -0.481 e. The van der Waals surface area contributed by atoms with Crippen LogP contribution in [0.3, 0.4) is 0 Å². The van der Waals surface area contributed by atoms with Crippen LogP contribution in [0.4, 0.5) is 0 Å². The third kappa shape index (κ3) is 3.35. The zero-order valence-corrected chi connectivity index (χ0v) is 13.7. The lowest BCUT2D eigenvalue weighted by Gasteiger charge is -2.10. The van der Waals surface area contributed by atoms with E-state index in [1.165, 1.54) is 0 Å². The summed E-state index contributed by atoms with van der Waals surface area (Å²) in [5.41, 5.74) is 3.14. The maximum absolute atomic E-state index is 12.1. The molecule has 0 saturated heterocycles. The quantitative estimate of drug-likeness (QED) is 0.674. The van der Waals surface area contributed by atoms with Crippen molar-refractivity contribution in [1.29, 1.82) is 0 Å². The summed E-state index contributed by atoms with van der Waals surface area (Å²) in [5.74, 6) is 0.169. The van der Waals surface area contributed by atoms with Crippen molar-refractivity contribution < 1.29 is 14.3 Å². The molecule has 0 aliphatic carbocycles. The summed E-state index contributed by atoms with van der Waals surface area (Å²) in [5, 5.41) is 1.02. The highest BCUT2D eigenvalue weighted by atomic mass is 16.5. The van der Waals surface area contributed by atoms with Gasteiger partial charge in [0, 0.05) is 17.6 Å². The molecule has 0 bridgehead atoms. The number of para-hydroxylation sites is 1. The molecule has 5 nitrogen and oxygen atoms in total. The van der Waals surface area contributed by atoms with Crippen LogP contribution in [0.15, 0.2) is 48.7 Å². The molecule has 1 aromatic carbocycles. The molecule has 0 aliphatic heterocycles. The number of ether oxygens (including phenoxy) is 2. The molecule has 2 aromatic heterocycles. The van der Waals surface area contributed by atoms with Crippen molar-refractivity contribution in [2.75, 3.05) is 13.7 Å². The number of methoxy groups -OCH3 is 1. The third-order valence-electron chi connectivity index (χ3n) is 3.69. The molecule has 0 N–H and O–H groups in total. The molecule has 0 amide bonds. The van der Waals surface area contributed by atoms with Gasteiger partial charge in [-0.2, -0.15) is 0 Å². The Labute approximate surface area is 140 Å². The zero-order chi connectivity index (χ0) is 16.9. The predicted octanol–water partition coefficient (Wildman–Crippen LogP) is 3.41. The van der Waals surface area contributed by atoms with Crippen molar-refractivity contribution in [3.8, 4) is 5.88 Å². The Kier molecular flexibility index (Phi) is 4.70. The van der Waals surface area contributed by atoms with Crippen LogP contribution in [0.2, 0.25) is 0 Å². The number of fused-ring (bicyclic) bond motifs is 1. The van der Waals surface area contributed by atoms with Gasteiger partial charge in [-0.05, 0) is 36.6 Å². The van der Waals surface area contributed by atoms with Gasteiger partial charge in [0.1, 0.15) is 5.69 Å².